The molecule has 0 spiro atoms. The molecule has 0 radical (unpaired) electrons. The van der Waals surface area contributed by atoms with E-state index in [1.54, 1.807) is 0 Å². The van der Waals surface area contributed by atoms with Gasteiger partial charge < -0.3 is 17.5 Å². The number of carboxylic acid groups (broad SMARTS) is 1. The number of carboxylic acids is 1. The molecule has 0 aromatic rings. The Hall–Kier alpha value is -0.580. The largest absolute Gasteiger partial charge is 1.00 e. The number of halogens is 1. The van der Waals surface area contributed by atoms with Crippen molar-refractivity contribution < 1.29 is 27.3 Å². The summed E-state index contributed by atoms with van der Waals surface area (Å²) < 4.78 is 0. The highest BCUT2D eigenvalue weighted by molar-refractivity contribution is 7.13. The number of carbonyl (C=O) groups is 1. The lowest BCUT2D eigenvalue weighted by molar-refractivity contribution is -0.459. The molecule has 84 valence electrons. The van der Waals surface area contributed by atoms with E-state index in [0.717, 1.165) is 0 Å². The lowest BCUT2D eigenvalue weighted by atomic mass is 10.2. The van der Waals surface area contributed by atoms with Crippen molar-refractivity contribution in [2.75, 3.05) is 6.54 Å². The zero-order valence-electron chi connectivity index (χ0n) is 7.66. The van der Waals surface area contributed by atoms with Crippen molar-refractivity contribution in [3.63, 3.8) is 0 Å². The van der Waals surface area contributed by atoms with Gasteiger partial charge in [-0.15, -0.1) is 0 Å². The van der Waals surface area contributed by atoms with Gasteiger partial charge in [-0.1, -0.05) is 9.39 Å². The SMILES string of the molecule is NC(N)=[NH+]CCCC(NP)C(=O)O.[Cl-]. The molecule has 0 saturated heterocycles. The smallest absolute Gasteiger partial charge is 0.338 e. The molecule has 0 rings (SSSR count). The molecule has 0 aromatic carbocycles. The number of aliphatic carboxylic acids is 1. The molecule has 0 saturated carbocycles. The van der Waals surface area contributed by atoms with Crippen LogP contribution < -0.4 is 34.0 Å². The molecule has 6 nitrogen and oxygen atoms in total. The van der Waals surface area contributed by atoms with Gasteiger partial charge in [-0.2, -0.15) is 0 Å². The summed E-state index contributed by atoms with van der Waals surface area (Å²) in [7, 11) is 2.19. The van der Waals surface area contributed by atoms with Crippen LogP contribution in [0.5, 0.6) is 0 Å². The van der Waals surface area contributed by atoms with Crippen LogP contribution in [0.3, 0.4) is 0 Å². The van der Waals surface area contributed by atoms with Crippen molar-refractivity contribution in [3.8, 4) is 0 Å². The standard InChI is InChI=1S/C6H15N4O2P.ClH/c7-6(8)9-3-1-2-4(10-13)5(11)12;/h4,10H,1-3,13H2,(H,11,12)(H4,7,8,9);1H. The van der Waals surface area contributed by atoms with Gasteiger partial charge in [0, 0.05) is 0 Å². The van der Waals surface area contributed by atoms with Crippen molar-refractivity contribution in [2.24, 2.45) is 11.5 Å². The predicted molar refractivity (Wildman–Crippen MR) is 52.7 cm³/mol. The minimum absolute atomic E-state index is 0. The van der Waals surface area contributed by atoms with E-state index in [1.165, 1.54) is 0 Å². The Morgan fingerprint density at radius 2 is 2.14 bits per heavy atom. The second-order valence-electron chi connectivity index (χ2n) is 2.58. The Labute approximate surface area is 91.2 Å². The first-order valence-corrected chi connectivity index (χ1v) is 4.46. The van der Waals surface area contributed by atoms with Crippen LogP contribution >= 0.6 is 9.39 Å². The molecular formula is C6H16ClN4O2P. The molecule has 7 N–H and O–H groups in total. The molecule has 0 aliphatic carbocycles. The van der Waals surface area contributed by atoms with Crippen molar-refractivity contribution in [1.29, 1.82) is 0 Å². The van der Waals surface area contributed by atoms with E-state index in [0.29, 0.717) is 19.4 Å². The van der Waals surface area contributed by atoms with Crippen LogP contribution in [0.25, 0.3) is 0 Å². The van der Waals surface area contributed by atoms with Gasteiger partial charge in [0.05, 0.1) is 6.54 Å². The average Bonchev–Trinajstić information content (AvgIpc) is 2.03. The summed E-state index contributed by atoms with van der Waals surface area (Å²) in [4.78, 5) is 13.2. The number of guanidine groups is 1. The highest BCUT2D eigenvalue weighted by Gasteiger charge is 2.13. The minimum Gasteiger partial charge on any atom is -1.00 e. The third-order valence-corrected chi connectivity index (χ3v) is 1.90. The maximum atomic E-state index is 10.5. The molecule has 0 aliphatic heterocycles. The van der Waals surface area contributed by atoms with E-state index >= 15 is 0 Å². The van der Waals surface area contributed by atoms with E-state index in [-0.39, 0.29) is 18.4 Å². The van der Waals surface area contributed by atoms with Gasteiger partial charge in [0.15, 0.2) is 0 Å². The van der Waals surface area contributed by atoms with E-state index in [1.807, 2.05) is 0 Å². The van der Waals surface area contributed by atoms with Crippen LogP contribution in [0.1, 0.15) is 12.8 Å². The van der Waals surface area contributed by atoms with Gasteiger partial charge >= 0.3 is 11.9 Å². The minimum atomic E-state index is -0.861. The van der Waals surface area contributed by atoms with E-state index in [9.17, 15) is 4.79 Å². The van der Waals surface area contributed by atoms with Crippen LogP contribution in [0.2, 0.25) is 0 Å². The van der Waals surface area contributed by atoms with Gasteiger partial charge in [0.1, 0.15) is 6.04 Å². The van der Waals surface area contributed by atoms with Gasteiger partial charge in [-0.25, -0.2) is 0 Å². The zero-order chi connectivity index (χ0) is 10.3. The summed E-state index contributed by atoms with van der Waals surface area (Å²) in [5.74, 6) is -0.703. The number of nitrogens with one attached hydrogen (secondary N) is 2. The number of rotatable bonds is 6. The second-order valence-corrected chi connectivity index (χ2v) is 2.92. The van der Waals surface area contributed by atoms with Gasteiger partial charge in [0.25, 0.3) is 0 Å². The lowest BCUT2D eigenvalue weighted by Crippen LogP contribution is -3.00. The first-order chi connectivity index (χ1) is 6.07. The zero-order valence-corrected chi connectivity index (χ0v) is 9.57. The normalized spacial score (nSPS) is 11.2. The fraction of sp³-hybridized carbons (Fsp3) is 0.667. The molecule has 0 bridgehead atoms. The van der Waals surface area contributed by atoms with Gasteiger partial charge in [-0.3, -0.25) is 26.3 Å². The van der Waals surface area contributed by atoms with Crippen LogP contribution in [0, 0.1) is 0 Å². The topological polar surface area (TPSA) is 115 Å². The van der Waals surface area contributed by atoms with E-state index in [4.69, 9.17) is 16.6 Å². The van der Waals surface area contributed by atoms with E-state index in [2.05, 4.69) is 19.5 Å². The van der Waals surface area contributed by atoms with Crippen molar-refractivity contribution in [3.05, 3.63) is 0 Å². The Bertz CT molecular complexity index is 198. The Morgan fingerprint density at radius 1 is 1.57 bits per heavy atom. The third kappa shape index (κ3) is 8.04. The molecule has 0 aliphatic rings. The molecule has 0 amide bonds. The highest BCUT2D eigenvalue weighted by atomic mass is 35.5. The average molecular weight is 243 g/mol. The Morgan fingerprint density at radius 3 is 2.50 bits per heavy atom. The van der Waals surface area contributed by atoms with Crippen molar-refractivity contribution in [1.82, 2.24) is 5.09 Å². The summed E-state index contributed by atoms with van der Waals surface area (Å²) in [6.07, 6.45) is 1.22. The van der Waals surface area contributed by atoms with Crippen molar-refractivity contribution >= 4 is 21.3 Å². The van der Waals surface area contributed by atoms with Gasteiger partial charge in [0.2, 0.25) is 0 Å². The number of nitrogens with two attached hydrogens (primary N) is 2. The molecular weight excluding hydrogens is 227 g/mol. The van der Waals surface area contributed by atoms with E-state index < -0.39 is 12.0 Å². The van der Waals surface area contributed by atoms with Crippen LogP contribution in [-0.2, 0) is 4.79 Å². The summed E-state index contributed by atoms with van der Waals surface area (Å²) >= 11 is 0. The summed E-state index contributed by atoms with van der Waals surface area (Å²) in [5, 5.41) is 11.2. The van der Waals surface area contributed by atoms with Crippen LogP contribution in [0.4, 0.5) is 0 Å². The van der Waals surface area contributed by atoms with Crippen LogP contribution in [0.15, 0.2) is 0 Å². The summed E-state index contributed by atoms with van der Waals surface area (Å²) in [6, 6.07) is -0.536. The van der Waals surface area contributed by atoms with Gasteiger partial charge in [-0.05, 0) is 12.8 Å². The molecule has 2 atom stereocenters. The number of hydrogen-bond acceptors (Lipinski definition) is 2. The first-order valence-electron chi connectivity index (χ1n) is 3.88. The number of hydrogen-bond donors (Lipinski definition) is 5. The fourth-order valence-electron chi connectivity index (χ4n) is 0.817. The maximum absolute atomic E-state index is 10.5. The first kappa shape index (κ1) is 15.9. The van der Waals surface area contributed by atoms with Crippen LogP contribution in [-0.4, -0.2) is 29.6 Å². The van der Waals surface area contributed by atoms with Crippen molar-refractivity contribution in [2.45, 2.75) is 18.9 Å². The summed E-state index contributed by atoms with van der Waals surface area (Å²) in [5.41, 5.74) is 10.3. The molecule has 0 heterocycles. The second kappa shape index (κ2) is 8.99. The lowest BCUT2D eigenvalue weighted by Gasteiger charge is -2.08. The monoisotopic (exact) mass is 242 g/mol. The maximum Gasteiger partial charge on any atom is 0.338 e. The predicted octanol–water partition coefficient (Wildman–Crippen LogP) is -6.04. The fourth-order valence-corrected chi connectivity index (χ4v) is 1.13. The molecule has 0 aromatic heterocycles. The third-order valence-electron chi connectivity index (χ3n) is 1.50. The quantitative estimate of drug-likeness (QED) is 0.138. The molecule has 2 unspecified atom stereocenters. The molecule has 0 fully saturated rings. The molecule has 14 heavy (non-hydrogen) atoms. The Balaban J connectivity index is 0. The summed E-state index contributed by atoms with van der Waals surface area (Å²) in [6.45, 7) is 0.582. The molecule has 8 heteroatoms. The highest BCUT2D eigenvalue weighted by Crippen LogP contribution is 1.97. The Kier molecular flexibility index (Phi) is 10.2.